The number of imidazole rings is 1. The van der Waals surface area contributed by atoms with Crippen LogP contribution in [0.2, 0.25) is 0 Å². The van der Waals surface area contributed by atoms with Crippen molar-refractivity contribution in [3.05, 3.63) is 59.6 Å². The van der Waals surface area contributed by atoms with E-state index < -0.39 is 0 Å². The second-order valence-corrected chi connectivity index (χ2v) is 8.90. The minimum Gasteiger partial charge on any atom is -0.356 e. The second-order valence-electron chi connectivity index (χ2n) is 8.04. The molecule has 2 amide bonds. The van der Waals surface area contributed by atoms with Crippen LogP contribution in [-0.4, -0.2) is 50.9 Å². The van der Waals surface area contributed by atoms with Crippen LogP contribution in [0, 0.1) is 12.8 Å². The van der Waals surface area contributed by atoms with Gasteiger partial charge in [0.15, 0.2) is 5.13 Å². The van der Waals surface area contributed by atoms with Gasteiger partial charge >= 0.3 is 0 Å². The number of carbonyl (C=O) groups is 2. The summed E-state index contributed by atoms with van der Waals surface area (Å²) in [7, 11) is 0. The maximum atomic E-state index is 12.8. The lowest BCUT2D eigenvalue weighted by atomic mass is 9.95. The molecule has 0 unspecified atom stereocenters. The van der Waals surface area contributed by atoms with Crippen molar-refractivity contribution in [1.29, 1.82) is 0 Å². The Morgan fingerprint density at radius 2 is 1.97 bits per heavy atom. The topological polar surface area (TPSA) is 92.1 Å². The van der Waals surface area contributed by atoms with Crippen LogP contribution in [0.3, 0.4) is 0 Å². The van der Waals surface area contributed by atoms with Gasteiger partial charge in [-0.1, -0.05) is 17.7 Å². The first-order chi connectivity index (χ1) is 15.6. The lowest BCUT2D eigenvalue weighted by molar-refractivity contribution is -0.126. The highest BCUT2D eigenvalue weighted by Gasteiger charge is 2.28. The maximum Gasteiger partial charge on any atom is 0.273 e. The first kappa shape index (κ1) is 22.0. The summed E-state index contributed by atoms with van der Waals surface area (Å²) in [5, 5.41) is 8.75. The summed E-state index contributed by atoms with van der Waals surface area (Å²) in [6, 6.07) is 8.04. The Hall–Kier alpha value is -3.20. The van der Waals surface area contributed by atoms with Crippen LogP contribution >= 0.6 is 11.3 Å². The molecular weight excluding hydrogens is 424 g/mol. The molecule has 0 spiro atoms. The fourth-order valence-corrected chi connectivity index (χ4v) is 4.44. The van der Waals surface area contributed by atoms with Crippen molar-refractivity contribution in [3.63, 3.8) is 0 Å². The number of benzene rings is 1. The van der Waals surface area contributed by atoms with Crippen LogP contribution in [-0.2, 0) is 11.3 Å². The highest BCUT2D eigenvalue weighted by Crippen LogP contribution is 2.24. The molecule has 8 nitrogen and oxygen atoms in total. The summed E-state index contributed by atoms with van der Waals surface area (Å²) in [6.07, 6.45) is 7.66. The molecule has 2 N–H and O–H groups in total. The third-order valence-electron chi connectivity index (χ3n) is 5.63. The van der Waals surface area contributed by atoms with E-state index in [0.717, 1.165) is 18.7 Å². The normalized spacial score (nSPS) is 14.3. The van der Waals surface area contributed by atoms with Gasteiger partial charge in [0, 0.05) is 55.6 Å². The Balaban J connectivity index is 1.20. The van der Waals surface area contributed by atoms with Crippen molar-refractivity contribution in [2.75, 3.05) is 25.0 Å². The number of rotatable bonds is 8. The molecule has 1 aliphatic rings. The average molecular weight is 453 g/mol. The zero-order valence-electron chi connectivity index (χ0n) is 18.2. The Morgan fingerprint density at radius 1 is 1.19 bits per heavy atom. The number of anilines is 2. The summed E-state index contributed by atoms with van der Waals surface area (Å²) >= 11 is 1.42. The molecule has 1 aliphatic heterocycles. The quantitative estimate of drug-likeness (QED) is 0.511. The fourth-order valence-electron chi connectivity index (χ4n) is 3.73. The molecule has 0 saturated carbocycles. The van der Waals surface area contributed by atoms with Gasteiger partial charge in [-0.2, -0.15) is 0 Å². The predicted octanol–water partition coefficient (Wildman–Crippen LogP) is 3.45. The SMILES string of the molecule is Cc1ccc(Nc2nc(C(=O)N3CCC(C(=O)NCCCn4ccnc4)CC3)cs2)cc1. The molecule has 4 rings (SSSR count). The van der Waals surface area contributed by atoms with Crippen molar-refractivity contribution in [3.8, 4) is 0 Å². The number of likely N-dealkylation sites (tertiary alicyclic amines) is 1. The van der Waals surface area contributed by atoms with Gasteiger partial charge in [-0.05, 0) is 38.3 Å². The van der Waals surface area contributed by atoms with Crippen molar-refractivity contribution >= 4 is 34.0 Å². The average Bonchev–Trinajstić information content (AvgIpc) is 3.50. The number of hydrogen-bond donors (Lipinski definition) is 2. The number of thiazole rings is 1. The van der Waals surface area contributed by atoms with E-state index in [1.165, 1.54) is 16.9 Å². The Bertz CT molecular complexity index is 1020. The summed E-state index contributed by atoms with van der Waals surface area (Å²) in [6.45, 7) is 4.67. The fraction of sp³-hybridized carbons (Fsp3) is 0.391. The molecule has 2 aromatic heterocycles. The van der Waals surface area contributed by atoms with Gasteiger partial charge in [0.2, 0.25) is 5.91 Å². The van der Waals surface area contributed by atoms with Crippen LogP contribution in [0.5, 0.6) is 0 Å². The van der Waals surface area contributed by atoms with Gasteiger partial charge < -0.3 is 20.1 Å². The number of piperidine rings is 1. The zero-order chi connectivity index (χ0) is 22.3. The van der Waals surface area contributed by atoms with Crippen LogP contribution in [0.15, 0.2) is 48.4 Å². The Labute approximate surface area is 191 Å². The monoisotopic (exact) mass is 452 g/mol. The van der Waals surface area contributed by atoms with Gasteiger partial charge in [-0.3, -0.25) is 9.59 Å². The lowest BCUT2D eigenvalue weighted by Gasteiger charge is -2.30. The molecule has 0 radical (unpaired) electrons. The Morgan fingerprint density at radius 3 is 2.69 bits per heavy atom. The number of carbonyl (C=O) groups excluding carboxylic acids is 2. The number of hydrogen-bond acceptors (Lipinski definition) is 6. The molecular formula is C23H28N6O2S. The molecule has 1 saturated heterocycles. The van der Waals surface area contributed by atoms with Crippen molar-refractivity contribution in [2.24, 2.45) is 5.92 Å². The van der Waals surface area contributed by atoms with E-state index in [4.69, 9.17) is 0 Å². The van der Waals surface area contributed by atoms with Crippen molar-refractivity contribution in [2.45, 2.75) is 32.7 Å². The van der Waals surface area contributed by atoms with Gasteiger partial charge in [0.25, 0.3) is 5.91 Å². The van der Waals surface area contributed by atoms with E-state index >= 15 is 0 Å². The van der Waals surface area contributed by atoms with Crippen LogP contribution < -0.4 is 10.6 Å². The largest absolute Gasteiger partial charge is 0.356 e. The second kappa shape index (κ2) is 10.4. The van der Waals surface area contributed by atoms with E-state index in [1.54, 1.807) is 22.8 Å². The first-order valence-electron chi connectivity index (χ1n) is 10.9. The number of nitrogens with one attached hydrogen (secondary N) is 2. The highest BCUT2D eigenvalue weighted by molar-refractivity contribution is 7.14. The minimum atomic E-state index is -0.0719. The molecule has 3 aromatic rings. The number of nitrogens with zero attached hydrogens (tertiary/aromatic N) is 4. The molecule has 3 heterocycles. The first-order valence-corrected chi connectivity index (χ1v) is 11.8. The predicted molar refractivity (Wildman–Crippen MR) is 125 cm³/mol. The van der Waals surface area contributed by atoms with E-state index in [9.17, 15) is 9.59 Å². The standard InChI is InChI=1S/C23H28N6O2S/c1-17-3-5-19(6-4-17)26-23-27-20(15-32-23)22(31)29-12-7-18(8-13-29)21(30)25-9-2-11-28-14-10-24-16-28/h3-6,10,14-16,18H,2,7-9,11-13H2,1H3,(H,25,30)(H,26,27). The third kappa shape index (κ3) is 5.73. The maximum absolute atomic E-state index is 12.8. The van der Waals surface area contributed by atoms with E-state index in [-0.39, 0.29) is 17.7 Å². The van der Waals surface area contributed by atoms with Crippen LogP contribution in [0.1, 0.15) is 35.3 Å². The number of aryl methyl sites for hydroxylation is 2. The summed E-state index contributed by atoms with van der Waals surface area (Å²) in [4.78, 5) is 35.6. The van der Waals surface area contributed by atoms with Crippen molar-refractivity contribution in [1.82, 2.24) is 24.8 Å². The van der Waals surface area contributed by atoms with Crippen molar-refractivity contribution < 1.29 is 9.59 Å². The molecule has 1 fully saturated rings. The number of amides is 2. The number of aromatic nitrogens is 3. The van der Waals surface area contributed by atoms with E-state index in [1.807, 2.05) is 42.0 Å². The molecule has 0 atom stereocenters. The molecule has 168 valence electrons. The van der Waals surface area contributed by atoms with E-state index in [2.05, 4.69) is 20.6 Å². The Kier molecular flexibility index (Phi) is 7.16. The van der Waals surface area contributed by atoms with Gasteiger partial charge in [-0.25, -0.2) is 9.97 Å². The molecule has 32 heavy (non-hydrogen) atoms. The van der Waals surface area contributed by atoms with Crippen LogP contribution in [0.4, 0.5) is 10.8 Å². The van der Waals surface area contributed by atoms with E-state index in [0.29, 0.717) is 43.3 Å². The third-order valence-corrected chi connectivity index (χ3v) is 6.39. The smallest absolute Gasteiger partial charge is 0.273 e. The van der Waals surface area contributed by atoms with Gasteiger partial charge in [0.05, 0.1) is 6.33 Å². The van der Waals surface area contributed by atoms with Crippen LogP contribution in [0.25, 0.3) is 0 Å². The molecule has 0 aliphatic carbocycles. The van der Waals surface area contributed by atoms with Gasteiger partial charge in [-0.15, -0.1) is 11.3 Å². The zero-order valence-corrected chi connectivity index (χ0v) is 19.0. The highest BCUT2D eigenvalue weighted by atomic mass is 32.1. The molecule has 1 aromatic carbocycles. The summed E-state index contributed by atoms with van der Waals surface area (Å²) in [5.74, 6) is -0.0279. The molecule has 9 heteroatoms. The van der Waals surface area contributed by atoms with Gasteiger partial charge in [0.1, 0.15) is 5.69 Å². The summed E-state index contributed by atoms with van der Waals surface area (Å²) < 4.78 is 2.00. The lowest BCUT2D eigenvalue weighted by Crippen LogP contribution is -2.43. The minimum absolute atomic E-state index is 0.0403. The summed E-state index contributed by atoms with van der Waals surface area (Å²) in [5.41, 5.74) is 2.59. The molecule has 0 bridgehead atoms.